The van der Waals surface area contributed by atoms with Crippen LogP contribution in [0.4, 0.5) is 0 Å². The average molecular weight is 427 g/mol. The van der Waals surface area contributed by atoms with E-state index >= 15 is 0 Å². The minimum atomic E-state index is 0.296. The van der Waals surface area contributed by atoms with Crippen LogP contribution in [0, 0.1) is 11.3 Å². The Balaban J connectivity index is 1.53. The van der Waals surface area contributed by atoms with Gasteiger partial charge in [-0.2, -0.15) is 5.26 Å². The van der Waals surface area contributed by atoms with Gasteiger partial charge in [-0.3, -0.25) is 4.57 Å². The van der Waals surface area contributed by atoms with Crippen molar-refractivity contribution in [1.82, 2.24) is 14.8 Å². The molecule has 0 aliphatic carbocycles. The van der Waals surface area contributed by atoms with Crippen LogP contribution in [0.2, 0.25) is 5.02 Å². The zero-order valence-corrected chi connectivity index (χ0v) is 17.2. The predicted molar refractivity (Wildman–Crippen MR) is 113 cm³/mol. The lowest BCUT2D eigenvalue weighted by molar-refractivity contribution is 0.289. The third-order valence-electron chi connectivity index (χ3n) is 3.85. The summed E-state index contributed by atoms with van der Waals surface area (Å²) in [5.74, 6) is 2.87. The van der Waals surface area contributed by atoms with E-state index in [0.717, 1.165) is 16.7 Å². The Morgan fingerprint density at radius 1 is 1.07 bits per heavy atom. The van der Waals surface area contributed by atoms with Gasteiger partial charge >= 0.3 is 0 Å². The van der Waals surface area contributed by atoms with E-state index < -0.39 is 0 Å². The number of hydrogen-bond acceptors (Lipinski definition) is 6. The molecule has 0 aliphatic heterocycles. The number of nitrogens with zero attached hydrogens (tertiary/aromatic N) is 4. The zero-order chi connectivity index (χ0) is 20.5. The molecule has 0 spiro atoms. The van der Waals surface area contributed by atoms with Crippen molar-refractivity contribution in [2.24, 2.45) is 0 Å². The molecule has 6 nitrogen and oxygen atoms in total. The smallest absolute Gasteiger partial charge is 0.191 e. The number of aromatic nitrogens is 3. The van der Waals surface area contributed by atoms with Crippen molar-refractivity contribution < 1.29 is 9.47 Å². The molecule has 29 heavy (non-hydrogen) atoms. The van der Waals surface area contributed by atoms with Crippen LogP contribution >= 0.6 is 23.4 Å². The Labute approximate surface area is 178 Å². The molecule has 8 heteroatoms. The van der Waals surface area contributed by atoms with Gasteiger partial charge in [-0.25, -0.2) is 0 Å². The summed E-state index contributed by atoms with van der Waals surface area (Å²) in [6.07, 6.45) is 1.80. The van der Waals surface area contributed by atoms with Gasteiger partial charge in [-0.05, 0) is 48.5 Å². The van der Waals surface area contributed by atoms with Gasteiger partial charge < -0.3 is 9.47 Å². The third kappa shape index (κ3) is 6.01. The normalized spacial score (nSPS) is 10.3. The molecule has 0 amide bonds. The van der Waals surface area contributed by atoms with Crippen molar-refractivity contribution in [1.29, 1.82) is 5.26 Å². The van der Waals surface area contributed by atoms with Gasteiger partial charge in [0.15, 0.2) is 11.0 Å². The Hall–Kier alpha value is -2.95. The van der Waals surface area contributed by atoms with Gasteiger partial charge in [-0.15, -0.1) is 16.8 Å². The molecule has 0 saturated heterocycles. The summed E-state index contributed by atoms with van der Waals surface area (Å²) in [7, 11) is 0. The number of thioether (sulfide) groups is 1. The van der Waals surface area contributed by atoms with Crippen LogP contribution in [0.5, 0.6) is 11.5 Å². The largest absolute Gasteiger partial charge is 0.493 e. The van der Waals surface area contributed by atoms with Crippen LogP contribution in [0.15, 0.2) is 66.3 Å². The van der Waals surface area contributed by atoms with Crippen molar-refractivity contribution in [2.45, 2.75) is 18.3 Å². The second-order valence-electron chi connectivity index (χ2n) is 5.87. The molecule has 0 aliphatic rings. The van der Waals surface area contributed by atoms with E-state index in [1.54, 1.807) is 54.2 Å². The van der Waals surface area contributed by atoms with Gasteiger partial charge in [0.25, 0.3) is 0 Å². The number of allylic oxidation sites excluding steroid dienone is 1. The van der Waals surface area contributed by atoms with E-state index in [-0.39, 0.29) is 0 Å². The summed E-state index contributed by atoms with van der Waals surface area (Å²) in [6.45, 7) is 5.20. The number of ether oxygens (including phenoxy) is 2. The molecular weight excluding hydrogens is 408 g/mol. The van der Waals surface area contributed by atoms with Crippen LogP contribution in [0.1, 0.15) is 11.4 Å². The minimum Gasteiger partial charge on any atom is -0.493 e. The standard InChI is InChI=1S/C21H19ClN4O2S/c1-2-11-26-20(15-28-19-9-5-17(22)6-10-19)24-25-21(26)29-13-12-27-18-7-3-16(14-23)4-8-18/h2-10H,1,11-13,15H2. The fourth-order valence-electron chi connectivity index (χ4n) is 2.44. The number of hydrogen-bond donors (Lipinski definition) is 0. The lowest BCUT2D eigenvalue weighted by Gasteiger charge is -2.09. The van der Waals surface area contributed by atoms with Gasteiger partial charge in [-0.1, -0.05) is 29.4 Å². The van der Waals surface area contributed by atoms with Crippen molar-refractivity contribution >= 4 is 23.4 Å². The number of nitriles is 1. The highest BCUT2D eigenvalue weighted by Gasteiger charge is 2.12. The average Bonchev–Trinajstić information content (AvgIpc) is 3.13. The number of rotatable bonds is 10. The summed E-state index contributed by atoms with van der Waals surface area (Å²) in [5.41, 5.74) is 0.609. The molecule has 0 bridgehead atoms. The second kappa shape index (κ2) is 10.6. The fourth-order valence-corrected chi connectivity index (χ4v) is 3.35. The first kappa shape index (κ1) is 20.8. The van der Waals surface area contributed by atoms with Crippen LogP contribution in [-0.2, 0) is 13.2 Å². The van der Waals surface area contributed by atoms with Crippen LogP contribution in [0.25, 0.3) is 0 Å². The lowest BCUT2D eigenvalue weighted by Crippen LogP contribution is -2.08. The Morgan fingerprint density at radius 3 is 2.45 bits per heavy atom. The SMILES string of the molecule is C=CCn1c(COc2ccc(Cl)cc2)nnc1SCCOc1ccc(C#N)cc1. The highest BCUT2D eigenvalue weighted by Crippen LogP contribution is 2.20. The van der Waals surface area contributed by atoms with Crippen molar-refractivity contribution in [3.8, 4) is 17.6 Å². The highest BCUT2D eigenvalue weighted by molar-refractivity contribution is 7.99. The maximum absolute atomic E-state index is 8.82. The predicted octanol–water partition coefficient (Wildman–Crippen LogP) is 4.74. The quantitative estimate of drug-likeness (QED) is 0.265. The lowest BCUT2D eigenvalue weighted by atomic mass is 10.2. The summed E-state index contributed by atoms with van der Waals surface area (Å²) >= 11 is 7.44. The third-order valence-corrected chi connectivity index (χ3v) is 5.04. The molecule has 0 saturated carbocycles. The molecule has 3 rings (SSSR count). The Morgan fingerprint density at radius 2 is 1.76 bits per heavy atom. The molecule has 1 heterocycles. The Kier molecular flexibility index (Phi) is 7.56. The van der Waals surface area contributed by atoms with Crippen LogP contribution in [-0.4, -0.2) is 27.1 Å². The van der Waals surface area contributed by atoms with Gasteiger partial charge in [0.1, 0.15) is 18.1 Å². The van der Waals surface area contributed by atoms with Crippen molar-refractivity contribution in [3.63, 3.8) is 0 Å². The van der Waals surface area contributed by atoms with Crippen LogP contribution in [0.3, 0.4) is 0 Å². The van der Waals surface area contributed by atoms with Crippen molar-refractivity contribution in [2.75, 3.05) is 12.4 Å². The second-order valence-corrected chi connectivity index (χ2v) is 7.37. The molecule has 148 valence electrons. The first-order valence-electron chi connectivity index (χ1n) is 8.86. The number of halogens is 1. The fraction of sp³-hybridized carbons (Fsp3) is 0.190. The summed E-state index contributed by atoms with van der Waals surface area (Å²) in [4.78, 5) is 0. The first-order valence-corrected chi connectivity index (χ1v) is 10.2. The van der Waals surface area contributed by atoms with E-state index in [4.69, 9.17) is 26.3 Å². The maximum Gasteiger partial charge on any atom is 0.191 e. The summed E-state index contributed by atoms with van der Waals surface area (Å²) in [6, 6.07) is 16.3. The summed E-state index contributed by atoms with van der Waals surface area (Å²) in [5, 5.41) is 18.8. The molecule has 3 aromatic rings. The van der Waals surface area contributed by atoms with E-state index in [1.165, 1.54) is 0 Å². The molecule has 0 N–H and O–H groups in total. The van der Waals surface area contributed by atoms with Gasteiger partial charge in [0, 0.05) is 17.3 Å². The van der Waals surface area contributed by atoms with E-state index in [0.29, 0.717) is 41.8 Å². The van der Waals surface area contributed by atoms with E-state index in [9.17, 15) is 0 Å². The molecule has 2 aromatic carbocycles. The topological polar surface area (TPSA) is 73.0 Å². The molecule has 1 aromatic heterocycles. The Bertz CT molecular complexity index is 981. The first-order chi connectivity index (χ1) is 14.2. The van der Waals surface area contributed by atoms with Crippen LogP contribution < -0.4 is 9.47 Å². The van der Waals surface area contributed by atoms with Gasteiger partial charge in [0.05, 0.1) is 18.2 Å². The zero-order valence-electron chi connectivity index (χ0n) is 15.6. The molecular formula is C21H19ClN4O2S. The highest BCUT2D eigenvalue weighted by atomic mass is 35.5. The number of benzene rings is 2. The maximum atomic E-state index is 8.82. The summed E-state index contributed by atoms with van der Waals surface area (Å²) < 4.78 is 13.4. The van der Waals surface area contributed by atoms with E-state index in [1.807, 2.05) is 16.7 Å². The monoisotopic (exact) mass is 426 g/mol. The molecule has 0 fully saturated rings. The molecule has 0 radical (unpaired) electrons. The van der Waals surface area contributed by atoms with Gasteiger partial charge in [0.2, 0.25) is 0 Å². The van der Waals surface area contributed by atoms with E-state index in [2.05, 4.69) is 22.8 Å². The molecule has 0 unspecified atom stereocenters. The van der Waals surface area contributed by atoms with Crippen molar-refractivity contribution in [3.05, 3.63) is 77.6 Å². The molecule has 0 atom stereocenters. The minimum absolute atomic E-state index is 0.296.